The lowest BCUT2D eigenvalue weighted by Gasteiger charge is -2.48. The summed E-state index contributed by atoms with van der Waals surface area (Å²) in [5, 5.41) is 0. The van der Waals surface area contributed by atoms with Crippen molar-refractivity contribution in [2.75, 3.05) is 18.1 Å². The summed E-state index contributed by atoms with van der Waals surface area (Å²) in [6.45, 7) is 4.78. The summed E-state index contributed by atoms with van der Waals surface area (Å²) in [7, 11) is 0. The number of fused-ring (bicyclic) bond motifs is 3. The van der Waals surface area contributed by atoms with E-state index in [0.717, 1.165) is 6.42 Å². The molecule has 138 valence electrons. The molecule has 3 atom stereocenters. The van der Waals surface area contributed by atoms with E-state index in [1.165, 1.54) is 0 Å². The van der Waals surface area contributed by atoms with Crippen molar-refractivity contribution in [3.63, 3.8) is 0 Å². The van der Waals surface area contributed by atoms with Crippen LogP contribution < -0.4 is 4.90 Å². The number of para-hydroxylation sites is 1. The number of amides is 2. The summed E-state index contributed by atoms with van der Waals surface area (Å²) < 4.78 is 5.34. The highest BCUT2D eigenvalue weighted by molar-refractivity contribution is 6.10. The number of benzene rings is 1. The van der Waals surface area contributed by atoms with E-state index in [-0.39, 0.29) is 30.7 Å². The molecule has 2 heterocycles. The van der Waals surface area contributed by atoms with Crippen molar-refractivity contribution in [3.05, 3.63) is 29.8 Å². The summed E-state index contributed by atoms with van der Waals surface area (Å²) in [4.78, 5) is 41.0. The van der Waals surface area contributed by atoms with Crippen LogP contribution in [0.1, 0.15) is 49.9 Å². The number of nitrogens with zero attached hydrogens (tertiary/aromatic N) is 2. The lowest BCUT2D eigenvalue weighted by Crippen LogP contribution is -2.62. The minimum Gasteiger partial charge on any atom is -0.465 e. The van der Waals surface area contributed by atoms with Gasteiger partial charge in [-0.2, -0.15) is 0 Å². The van der Waals surface area contributed by atoms with Crippen LogP contribution in [0.3, 0.4) is 0 Å². The molecule has 0 aromatic heterocycles. The third-order valence-corrected chi connectivity index (χ3v) is 6.02. The third kappa shape index (κ3) is 2.68. The fourth-order valence-electron chi connectivity index (χ4n) is 4.15. The Balaban J connectivity index is 1.51. The van der Waals surface area contributed by atoms with Crippen molar-refractivity contribution in [2.45, 2.75) is 45.2 Å². The fourth-order valence-corrected chi connectivity index (χ4v) is 4.15. The normalized spacial score (nSPS) is 29.5. The molecule has 0 unspecified atom stereocenters. The molecule has 0 radical (unpaired) electrons. The second-order valence-electron chi connectivity index (χ2n) is 7.83. The Bertz CT molecular complexity index is 777. The van der Waals surface area contributed by atoms with Crippen LogP contribution in [-0.2, 0) is 14.3 Å². The number of esters is 1. The lowest BCUT2D eigenvalue weighted by molar-refractivity contribution is -0.144. The second kappa shape index (κ2) is 6.11. The number of anilines is 1. The van der Waals surface area contributed by atoms with Crippen molar-refractivity contribution >= 4 is 23.5 Å². The minimum absolute atomic E-state index is 0.0164. The van der Waals surface area contributed by atoms with Crippen LogP contribution in [-0.4, -0.2) is 41.5 Å². The van der Waals surface area contributed by atoms with Gasteiger partial charge >= 0.3 is 5.97 Å². The maximum absolute atomic E-state index is 13.0. The van der Waals surface area contributed by atoms with Crippen LogP contribution >= 0.6 is 0 Å². The molecule has 0 N–H and O–H groups in total. The molecule has 6 nitrogen and oxygen atoms in total. The van der Waals surface area contributed by atoms with E-state index < -0.39 is 5.66 Å². The lowest BCUT2D eigenvalue weighted by atomic mass is 9.98. The summed E-state index contributed by atoms with van der Waals surface area (Å²) in [6, 6.07) is 7.19. The molecule has 2 fully saturated rings. The maximum atomic E-state index is 13.0. The summed E-state index contributed by atoms with van der Waals surface area (Å²) >= 11 is 0. The molecule has 1 aromatic carbocycles. The van der Waals surface area contributed by atoms with Gasteiger partial charge in [-0.25, -0.2) is 0 Å². The van der Waals surface area contributed by atoms with Gasteiger partial charge in [-0.05, 0) is 43.7 Å². The first-order valence-corrected chi connectivity index (χ1v) is 9.31. The van der Waals surface area contributed by atoms with Crippen molar-refractivity contribution in [3.8, 4) is 0 Å². The number of ether oxygens (including phenoxy) is 1. The molecule has 3 aliphatic rings. The van der Waals surface area contributed by atoms with Crippen LogP contribution in [0.15, 0.2) is 24.3 Å². The number of hydrogen-bond donors (Lipinski definition) is 0. The van der Waals surface area contributed by atoms with Gasteiger partial charge in [0.25, 0.3) is 5.91 Å². The Kier molecular flexibility index (Phi) is 4.01. The van der Waals surface area contributed by atoms with Gasteiger partial charge in [0.15, 0.2) is 0 Å². The minimum atomic E-state index is -0.714. The highest BCUT2D eigenvalue weighted by atomic mass is 16.5. The molecule has 6 heteroatoms. The van der Waals surface area contributed by atoms with Crippen molar-refractivity contribution in [1.29, 1.82) is 0 Å². The smallest absolute Gasteiger partial charge is 0.307 e. The molecule has 2 aliphatic heterocycles. The molecule has 26 heavy (non-hydrogen) atoms. The summed E-state index contributed by atoms with van der Waals surface area (Å²) in [6.07, 6.45) is 2.23. The highest BCUT2D eigenvalue weighted by Crippen LogP contribution is 2.44. The van der Waals surface area contributed by atoms with Gasteiger partial charge in [0.1, 0.15) is 5.66 Å². The summed E-state index contributed by atoms with van der Waals surface area (Å²) in [5.74, 6) is 0.735. The number of carbonyl (C=O) groups is 3. The van der Waals surface area contributed by atoms with E-state index >= 15 is 0 Å². The predicted octanol–water partition coefficient (Wildman–Crippen LogP) is 2.57. The van der Waals surface area contributed by atoms with Gasteiger partial charge in [-0.1, -0.05) is 19.1 Å². The van der Waals surface area contributed by atoms with E-state index in [1.807, 2.05) is 19.1 Å². The van der Waals surface area contributed by atoms with E-state index in [4.69, 9.17) is 4.74 Å². The van der Waals surface area contributed by atoms with Gasteiger partial charge in [0, 0.05) is 13.0 Å². The first kappa shape index (κ1) is 17.1. The fraction of sp³-hybridized carbons (Fsp3) is 0.550. The molecule has 0 spiro atoms. The van der Waals surface area contributed by atoms with Crippen molar-refractivity contribution in [1.82, 2.24) is 4.90 Å². The third-order valence-electron chi connectivity index (χ3n) is 6.02. The topological polar surface area (TPSA) is 66.9 Å². The maximum Gasteiger partial charge on any atom is 0.307 e. The zero-order valence-electron chi connectivity index (χ0n) is 15.2. The zero-order valence-corrected chi connectivity index (χ0v) is 15.2. The van der Waals surface area contributed by atoms with E-state index in [2.05, 4.69) is 6.92 Å². The SMILES string of the molecule is C[C@@H]1C[C@H]1COC(=O)CCN1C(=O)c2ccccc2N2C(=O)CC[C@@]12C. The second-order valence-corrected chi connectivity index (χ2v) is 7.83. The summed E-state index contributed by atoms with van der Waals surface area (Å²) in [5.41, 5.74) is 0.470. The number of rotatable bonds is 5. The van der Waals surface area contributed by atoms with Crippen LogP contribution in [0.25, 0.3) is 0 Å². The Hall–Kier alpha value is -2.37. The molecular weight excluding hydrogens is 332 g/mol. The number of hydrogen-bond acceptors (Lipinski definition) is 4. The Labute approximate surface area is 153 Å². The van der Waals surface area contributed by atoms with Crippen LogP contribution in [0.2, 0.25) is 0 Å². The van der Waals surface area contributed by atoms with Gasteiger partial charge in [-0.15, -0.1) is 0 Å². The molecule has 1 aromatic rings. The van der Waals surface area contributed by atoms with Crippen LogP contribution in [0, 0.1) is 11.8 Å². The average molecular weight is 356 g/mol. The van der Waals surface area contributed by atoms with Crippen LogP contribution in [0.4, 0.5) is 5.69 Å². The van der Waals surface area contributed by atoms with E-state index in [1.54, 1.807) is 21.9 Å². The molecule has 1 saturated heterocycles. The van der Waals surface area contributed by atoms with E-state index in [9.17, 15) is 14.4 Å². The zero-order chi connectivity index (χ0) is 18.5. The monoisotopic (exact) mass is 356 g/mol. The predicted molar refractivity (Wildman–Crippen MR) is 95.5 cm³/mol. The van der Waals surface area contributed by atoms with Gasteiger partial charge in [-0.3, -0.25) is 19.3 Å². The molecular formula is C20H24N2O4. The van der Waals surface area contributed by atoms with Gasteiger partial charge < -0.3 is 9.64 Å². The first-order chi connectivity index (χ1) is 12.4. The van der Waals surface area contributed by atoms with Crippen molar-refractivity contribution in [2.24, 2.45) is 11.8 Å². The average Bonchev–Trinajstić information content (AvgIpc) is 3.24. The van der Waals surface area contributed by atoms with Crippen molar-refractivity contribution < 1.29 is 19.1 Å². The van der Waals surface area contributed by atoms with Gasteiger partial charge in [0.2, 0.25) is 5.91 Å². The standard InChI is InChI=1S/C20H24N2O4/c1-13-11-14(13)12-26-18(24)8-10-21-19(25)15-5-3-4-6-16(15)22-17(23)7-9-20(21,22)2/h3-6,13-14H,7-12H2,1-2H3/t13-,14+,20+/m1/s1. The molecule has 4 rings (SSSR count). The Morgan fingerprint density at radius 1 is 1.31 bits per heavy atom. The molecule has 0 bridgehead atoms. The number of carbonyl (C=O) groups excluding carboxylic acids is 3. The Morgan fingerprint density at radius 3 is 2.77 bits per heavy atom. The molecule has 1 saturated carbocycles. The van der Waals surface area contributed by atoms with Crippen LogP contribution in [0.5, 0.6) is 0 Å². The largest absolute Gasteiger partial charge is 0.465 e. The van der Waals surface area contributed by atoms with E-state index in [0.29, 0.717) is 42.5 Å². The Morgan fingerprint density at radius 2 is 2.04 bits per heavy atom. The highest BCUT2D eigenvalue weighted by Gasteiger charge is 2.52. The molecule has 2 amide bonds. The molecule has 1 aliphatic carbocycles. The quantitative estimate of drug-likeness (QED) is 0.761. The van der Waals surface area contributed by atoms with Gasteiger partial charge in [0.05, 0.1) is 24.3 Å². The first-order valence-electron chi connectivity index (χ1n) is 9.31.